The van der Waals surface area contributed by atoms with E-state index in [1.807, 2.05) is 30.1 Å². The maximum absolute atomic E-state index is 12.9. The second kappa shape index (κ2) is 5.27. The molecule has 0 atom stereocenters. The standard InChI is InChI=1S/C13H12FN3O/c1-17-6-5-10(9-17)8-15-16-13(18)11-3-2-4-12(14)7-11/h2-9H,1H3,(H,16,18)/b15-8-. The number of nitrogens with zero attached hydrogens (tertiary/aromatic N) is 2. The van der Waals surface area contributed by atoms with Crippen molar-refractivity contribution in [3.63, 3.8) is 0 Å². The minimum Gasteiger partial charge on any atom is -0.357 e. The van der Waals surface area contributed by atoms with Crippen LogP contribution in [0.15, 0.2) is 47.8 Å². The fraction of sp³-hybridized carbons (Fsp3) is 0.0769. The first-order valence-electron chi connectivity index (χ1n) is 5.36. The third-order valence-corrected chi connectivity index (χ3v) is 2.32. The molecule has 5 heteroatoms. The number of carbonyl (C=O) groups is 1. The molecule has 1 N–H and O–H groups in total. The highest BCUT2D eigenvalue weighted by Gasteiger charge is 2.04. The monoisotopic (exact) mass is 245 g/mol. The van der Waals surface area contributed by atoms with Crippen molar-refractivity contribution >= 4 is 12.1 Å². The molecular formula is C13H12FN3O. The van der Waals surface area contributed by atoms with Crippen LogP contribution in [0.2, 0.25) is 0 Å². The lowest BCUT2D eigenvalue weighted by Crippen LogP contribution is -2.17. The van der Waals surface area contributed by atoms with Crippen LogP contribution in [0.25, 0.3) is 0 Å². The molecule has 0 saturated heterocycles. The van der Waals surface area contributed by atoms with Gasteiger partial charge in [0.15, 0.2) is 0 Å². The van der Waals surface area contributed by atoms with Gasteiger partial charge >= 0.3 is 0 Å². The van der Waals surface area contributed by atoms with Crippen LogP contribution in [0.4, 0.5) is 4.39 Å². The molecule has 0 unspecified atom stereocenters. The van der Waals surface area contributed by atoms with E-state index in [1.54, 1.807) is 0 Å². The van der Waals surface area contributed by atoms with Crippen molar-refractivity contribution in [3.05, 3.63) is 59.7 Å². The molecule has 0 radical (unpaired) electrons. The van der Waals surface area contributed by atoms with Gasteiger partial charge in [0.25, 0.3) is 5.91 Å². The molecule has 2 rings (SSSR count). The average molecular weight is 245 g/mol. The van der Waals surface area contributed by atoms with Gasteiger partial charge in [-0.1, -0.05) is 6.07 Å². The summed E-state index contributed by atoms with van der Waals surface area (Å²) in [5.74, 6) is -0.892. The van der Waals surface area contributed by atoms with Crippen molar-refractivity contribution in [1.29, 1.82) is 0 Å². The quantitative estimate of drug-likeness (QED) is 0.651. The Morgan fingerprint density at radius 3 is 2.94 bits per heavy atom. The van der Waals surface area contributed by atoms with E-state index in [-0.39, 0.29) is 5.56 Å². The Bertz CT molecular complexity index is 589. The number of hydrogen-bond acceptors (Lipinski definition) is 2. The van der Waals surface area contributed by atoms with Crippen LogP contribution in [0, 0.1) is 5.82 Å². The highest BCUT2D eigenvalue weighted by atomic mass is 19.1. The number of rotatable bonds is 3. The molecule has 0 aliphatic heterocycles. The first kappa shape index (κ1) is 12.0. The van der Waals surface area contributed by atoms with Crippen molar-refractivity contribution in [2.75, 3.05) is 0 Å². The SMILES string of the molecule is Cn1ccc(/C=N\NC(=O)c2cccc(F)c2)c1. The van der Waals surface area contributed by atoms with Crippen molar-refractivity contribution in [3.8, 4) is 0 Å². The van der Waals surface area contributed by atoms with E-state index >= 15 is 0 Å². The van der Waals surface area contributed by atoms with Gasteiger partial charge in [0, 0.05) is 30.6 Å². The maximum atomic E-state index is 12.9. The normalized spacial score (nSPS) is 10.8. The Kier molecular flexibility index (Phi) is 3.52. The van der Waals surface area contributed by atoms with Crippen LogP contribution in [0.3, 0.4) is 0 Å². The number of benzene rings is 1. The number of nitrogens with one attached hydrogen (secondary N) is 1. The van der Waals surface area contributed by atoms with Crippen LogP contribution in [-0.2, 0) is 7.05 Å². The maximum Gasteiger partial charge on any atom is 0.271 e. The highest BCUT2D eigenvalue weighted by molar-refractivity contribution is 5.94. The van der Waals surface area contributed by atoms with E-state index in [9.17, 15) is 9.18 Å². The van der Waals surface area contributed by atoms with Gasteiger partial charge in [0.2, 0.25) is 0 Å². The molecule has 1 amide bonds. The summed E-state index contributed by atoms with van der Waals surface area (Å²) in [6.07, 6.45) is 5.25. The van der Waals surface area contributed by atoms with Gasteiger partial charge in [-0.3, -0.25) is 4.79 Å². The molecule has 0 aliphatic carbocycles. The summed E-state index contributed by atoms with van der Waals surface area (Å²) in [4.78, 5) is 11.6. The van der Waals surface area contributed by atoms with Gasteiger partial charge in [0.05, 0.1) is 6.21 Å². The first-order chi connectivity index (χ1) is 8.65. The van der Waals surface area contributed by atoms with E-state index in [0.717, 1.165) is 11.6 Å². The number of hydrazone groups is 1. The summed E-state index contributed by atoms with van der Waals surface area (Å²) in [7, 11) is 1.89. The fourth-order valence-electron chi connectivity index (χ4n) is 1.46. The van der Waals surface area contributed by atoms with E-state index in [0.29, 0.717) is 0 Å². The number of halogens is 1. The fourth-order valence-corrected chi connectivity index (χ4v) is 1.46. The summed E-state index contributed by atoms with van der Waals surface area (Å²) in [5, 5.41) is 3.80. The Balaban J connectivity index is 1.98. The van der Waals surface area contributed by atoms with E-state index < -0.39 is 11.7 Å². The Morgan fingerprint density at radius 2 is 2.28 bits per heavy atom. The van der Waals surface area contributed by atoms with Gasteiger partial charge in [-0.05, 0) is 24.3 Å². The molecule has 4 nitrogen and oxygen atoms in total. The zero-order chi connectivity index (χ0) is 13.0. The molecule has 18 heavy (non-hydrogen) atoms. The molecule has 0 aliphatic rings. The number of aryl methyl sites for hydroxylation is 1. The Morgan fingerprint density at radius 1 is 1.44 bits per heavy atom. The highest BCUT2D eigenvalue weighted by Crippen LogP contribution is 2.03. The van der Waals surface area contributed by atoms with Crippen LogP contribution < -0.4 is 5.43 Å². The van der Waals surface area contributed by atoms with Gasteiger partial charge in [-0.2, -0.15) is 5.10 Å². The smallest absolute Gasteiger partial charge is 0.271 e. The summed E-state index contributed by atoms with van der Waals surface area (Å²) in [6, 6.07) is 7.30. The average Bonchev–Trinajstić information content (AvgIpc) is 2.75. The van der Waals surface area contributed by atoms with Crippen molar-refractivity contribution < 1.29 is 9.18 Å². The second-order valence-electron chi connectivity index (χ2n) is 3.82. The second-order valence-corrected chi connectivity index (χ2v) is 3.82. The van der Waals surface area contributed by atoms with Gasteiger partial charge in [0.1, 0.15) is 5.82 Å². The van der Waals surface area contributed by atoms with Crippen molar-refractivity contribution in [2.45, 2.75) is 0 Å². The lowest BCUT2D eigenvalue weighted by Gasteiger charge is -1.98. The minimum atomic E-state index is -0.449. The Hall–Kier alpha value is -2.43. The molecule has 0 fully saturated rings. The summed E-state index contributed by atoms with van der Waals surface area (Å²) in [6.45, 7) is 0. The van der Waals surface area contributed by atoms with Gasteiger partial charge < -0.3 is 4.57 Å². The summed E-state index contributed by atoms with van der Waals surface area (Å²) < 4.78 is 14.8. The molecule has 0 bridgehead atoms. The zero-order valence-electron chi connectivity index (χ0n) is 9.80. The van der Waals surface area contributed by atoms with Gasteiger partial charge in [-0.15, -0.1) is 0 Å². The predicted molar refractivity (Wildman–Crippen MR) is 66.9 cm³/mol. The van der Waals surface area contributed by atoms with Gasteiger partial charge in [-0.25, -0.2) is 9.82 Å². The number of hydrogen-bond donors (Lipinski definition) is 1. The number of amides is 1. The third kappa shape index (κ3) is 3.04. The van der Waals surface area contributed by atoms with Crippen LogP contribution in [-0.4, -0.2) is 16.7 Å². The molecule has 0 saturated carbocycles. The molecule has 0 spiro atoms. The lowest BCUT2D eigenvalue weighted by atomic mass is 10.2. The van der Waals surface area contributed by atoms with Crippen LogP contribution in [0.5, 0.6) is 0 Å². The molecule has 1 aromatic carbocycles. The van der Waals surface area contributed by atoms with Crippen LogP contribution >= 0.6 is 0 Å². The number of aromatic nitrogens is 1. The van der Waals surface area contributed by atoms with E-state index in [1.165, 1.54) is 24.4 Å². The van der Waals surface area contributed by atoms with Crippen LogP contribution in [0.1, 0.15) is 15.9 Å². The van der Waals surface area contributed by atoms with E-state index in [4.69, 9.17) is 0 Å². The molecule has 92 valence electrons. The Labute approximate surface area is 104 Å². The topological polar surface area (TPSA) is 46.4 Å². The molecule has 1 heterocycles. The van der Waals surface area contributed by atoms with Crippen molar-refractivity contribution in [2.24, 2.45) is 12.1 Å². The van der Waals surface area contributed by atoms with E-state index in [2.05, 4.69) is 10.5 Å². The zero-order valence-corrected chi connectivity index (χ0v) is 9.80. The predicted octanol–water partition coefficient (Wildman–Crippen LogP) is 1.93. The molecular weight excluding hydrogens is 233 g/mol. The lowest BCUT2D eigenvalue weighted by molar-refractivity contribution is 0.0954. The summed E-state index contributed by atoms with van der Waals surface area (Å²) in [5.41, 5.74) is 3.45. The van der Waals surface area contributed by atoms with Crippen molar-refractivity contribution in [1.82, 2.24) is 9.99 Å². The minimum absolute atomic E-state index is 0.236. The largest absolute Gasteiger partial charge is 0.357 e. The molecule has 1 aromatic heterocycles. The number of carbonyl (C=O) groups excluding carboxylic acids is 1. The first-order valence-corrected chi connectivity index (χ1v) is 5.36. The third-order valence-electron chi connectivity index (χ3n) is 2.32. The molecule has 2 aromatic rings. The summed E-state index contributed by atoms with van der Waals surface area (Å²) >= 11 is 0.